The highest BCUT2D eigenvalue weighted by Crippen LogP contribution is 2.27. The fourth-order valence-electron chi connectivity index (χ4n) is 2.49. The minimum absolute atomic E-state index is 0.00275. The van der Waals surface area contributed by atoms with Gasteiger partial charge in [-0.2, -0.15) is 0 Å². The number of rotatable bonds is 7. The summed E-state index contributed by atoms with van der Waals surface area (Å²) in [4.78, 5) is 23.6. The third-order valence-corrected chi connectivity index (χ3v) is 5.63. The Morgan fingerprint density at radius 3 is 2.81 bits per heavy atom. The molecule has 2 aromatic heterocycles. The molecule has 0 spiro atoms. The predicted octanol–water partition coefficient (Wildman–Crippen LogP) is 3.97. The lowest BCUT2D eigenvalue weighted by Crippen LogP contribution is -2.15. The second-order valence-corrected chi connectivity index (χ2v) is 7.51. The van der Waals surface area contributed by atoms with Crippen LogP contribution in [0, 0.1) is 17.0 Å². The molecular formula is C17H17N5O3S2. The van der Waals surface area contributed by atoms with Crippen molar-refractivity contribution in [2.45, 2.75) is 25.5 Å². The number of carbonyl (C=O) groups excluding carboxylic acids is 1. The Morgan fingerprint density at radius 2 is 2.19 bits per heavy atom. The van der Waals surface area contributed by atoms with Crippen LogP contribution in [0.15, 0.2) is 40.9 Å². The molecule has 0 aliphatic rings. The summed E-state index contributed by atoms with van der Waals surface area (Å²) in [5.41, 5.74) is 1.19. The summed E-state index contributed by atoms with van der Waals surface area (Å²) in [6.07, 6.45) is 0. The number of non-ortho nitro benzene ring substituents is 1. The number of thiophene rings is 1. The van der Waals surface area contributed by atoms with Gasteiger partial charge in [0.2, 0.25) is 5.91 Å². The number of benzene rings is 1. The zero-order chi connectivity index (χ0) is 19.4. The molecule has 1 amide bonds. The molecule has 0 aliphatic carbocycles. The number of thioether (sulfide) groups is 1. The molecular weight excluding hydrogens is 386 g/mol. The van der Waals surface area contributed by atoms with Gasteiger partial charge in [0.25, 0.3) is 5.69 Å². The molecule has 3 aromatic rings. The van der Waals surface area contributed by atoms with Gasteiger partial charge in [-0.1, -0.05) is 17.8 Å². The van der Waals surface area contributed by atoms with E-state index in [4.69, 9.17) is 0 Å². The summed E-state index contributed by atoms with van der Waals surface area (Å²) in [6, 6.07) is 8.29. The highest BCUT2D eigenvalue weighted by atomic mass is 32.2. The van der Waals surface area contributed by atoms with Crippen LogP contribution in [-0.4, -0.2) is 31.3 Å². The van der Waals surface area contributed by atoms with Gasteiger partial charge in [0, 0.05) is 24.4 Å². The van der Waals surface area contributed by atoms with Crippen molar-refractivity contribution in [1.82, 2.24) is 14.8 Å². The molecule has 0 unspecified atom stereocenters. The van der Waals surface area contributed by atoms with Gasteiger partial charge >= 0.3 is 0 Å². The van der Waals surface area contributed by atoms with Gasteiger partial charge in [-0.3, -0.25) is 14.9 Å². The van der Waals surface area contributed by atoms with Crippen LogP contribution in [0.25, 0.3) is 10.7 Å². The first-order chi connectivity index (χ1) is 13.0. The lowest BCUT2D eigenvalue weighted by Gasteiger charge is -2.09. The number of nitrogens with zero attached hydrogens (tertiary/aromatic N) is 4. The number of amides is 1. The number of hydrogen-bond acceptors (Lipinski definition) is 7. The van der Waals surface area contributed by atoms with E-state index in [-0.39, 0.29) is 17.3 Å². The maximum atomic E-state index is 12.3. The summed E-state index contributed by atoms with van der Waals surface area (Å²) in [5.74, 6) is 0.751. The van der Waals surface area contributed by atoms with Gasteiger partial charge in [0.05, 0.1) is 15.6 Å². The highest BCUT2D eigenvalue weighted by molar-refractivity contribution is 7.99. The summed E-state index contributed by atoms with van der Waals surface area (Å²) in [5, 5.41) is 24.7. The summed E-state index contributed by atoms with van der Waals surface area (Å²) >= 11 is 2.89. The van der Waals surface area contributed by atoms with E-state index in [2.05, 4.69) is 15.5 Å². The topological polar surface area (TPSA) is 103 Å². The third kappa shape index (κ3) is 4.34. The molecule has 1 aromatic carbocycles. The predicted molar refractivity (Wildman–Crippen MR) is 106 cm³/mol. The van der Waals surface area contributed by atoms with E-state index in [0.29, 0.717) is 23.0 Å². The second-order valence-electron chi connectivity index (χ2n) is 5.62. The van der Waals surface area contributed by atoms with Gasteiger partial charge in [-0.25, -0.2) is 0 Å². The largest absolute Gasteiger partial charge is 0.325 e. The standard InChI is InChI=1S/C17H17N5O3S2/c1-3-21-16(14-5-4-8-26-14)19-20-17(21)27-10-15(23)18-13-7-6-12(22(24)25)9-11(13)2/h4-9H,3,10H2,1-2H3,(H,18,23). The van der Waals surface area contributed by atoms with Gasteiger partial charge in [0.1, 0.15) is 0 Å². The fraction of sp³-hybridized carbons (Fsp3) is 0.235. The molecule has 3 rings (SSSR count). The second kappa shape index (κ2) is 8.31. The first-order valence-electron chi connectivity index (χ1n) is 8.14. The first kappa shape index (κ1) is 19.1. The molecule has 8 nitrogen and oxygen atoms in total. The molecule has 140 valence electrons. The molecule has 1 N–H and O–H groups in total. The van der Waals surface area contributed by atoms with Crippen LogP contribution in [0.5, 0.6) is 0 Å². The number of anilines is 1. The van der Waals surface area contributed by atoms with Gasteiger partial charge in [-0.15, -0.1) is 21.5 Å². The first-order valence-corrected chi connectivity index (χ1v) is 10.0. The van der Waals surface area contributed by atoms with Crippen molar-refractivity contribution in [1.29, 1.82) is 0 Å². The minimum atomic E-state index is -0.461. The third-order valence-electron chi connectivity index (χ3n) is 3.80. The van der Waals surface area contributed by atoms with Crippen molar-refractivity contribution in [3.05, 3.63) is 51.4 Å². The van der Waals surface area contributed by atoms with Crippen molar-refractivity contribution in [2.75, 3.05) is 11.1 Å². The van der Waals surface area contributed by atoms with Crippen LogP contribution in [0.4, 0.5) is 11.4 Å². The van der Waals surface area contributed by atoms with Crippen LogP contribution < -0.4 is 5.32 Å². The molecule has 0 saturated heterocycles. The molecule has 10 heteroatoms. The number of nitro groups is 1. The van der Waals surface area contributed by atoms with Crippen LogP contribution >= 0.6 is 23.1 Å². The molecule has 27 heavy (non-hydrogen) atoms. The Labute approximate surface area is 163 Å². The lowest BCUT2D eigenvalue weighted by molar-refractivity contribution is -0.384. The summed E-state index contributed by atoms with van der Waals surface area (Å²) < 4.78 is 1.97. The number of aromatic nitrogens is 3. The van der Waals surface area contributed by atoms with Gasteiger partial charge < -0.3 is 9.88 Å². The number of aryl methyl sites for hydroxylation is 1. The zero-order valence-electron chi connectivity index (χ0n) is 14.7. The van der Waals surface area contributed by atoms with Gasteiger partial charge in [-0.05, 0) is 36.9 Å². The smallest absolute Gasteiger partial charge is 0.269 e. The maximum Gasteiger partial charge on any atom is 0.269 e. The Hall–Kier alpha value is -2.72. The molecule has 0 saturated carbocycles. The Morgan fingerprint density at radius 1 is 1.37 bits per heavy atom. The quantitative estimate of drug-likeness (QED) is 0.364. The van der Waals surface area contributed by atoms with Crippen molar-refractivity contribution in [3.63, 3.8) is 0 Å². The molecule has 0 fully saturated rings. The van der Waals surface area contributed by atoms with Crippen LogP contribution in [-0.2, 0) is 11.3 Å². The van der Waals surface area contributed by atoms with Crippen molar-refractivity contribution in [3.8, 4) is 10.7 Å². The van der Waals surface area contributed by atoms with E-state index in [1.165, 1.54) is 23.9 Å². The summed E-state index contributed by atoms with van der Waals surface area (Å²) in [7, 11) is 0. The van der Waals surface area contributed by atoms with Crippen molar-refractivity contribution < 1.29 is 9.72 Å². The van der Waals surface area contributed by atoms with Gasteiger partial charge in [0.15, 0.2) is 11.0 Å². The maximum absolute atomic E-state index is 12.3. The van der Waals surface area contributed by atoms with Crippen LogP contribution in [0.1, 0.15) is 12.5 Å². The highest BCUT2D eigenvalue weighted by Gasteiger charge is 2.16. The number of hydrogen-bond donors (Lipinski definition) is 1. The number of nitrogens with one attached hydrogen (secondary N) is 1. The van der Waals surface area contributed by atoms with E-state index in [9.17, 15) is 14.9 Å². The van der Waals surface area contributed by atoms with E-state index in [1.807, 2.05) is 29.0 Å². The van der Waals surface area contributed by atoms with E-state index < -0.39 is 4.92 Å². The summed E-state index contributed by atoms with van der Waals surface area (Å²) in [6.45, 7) is 4.42. The van der Waals surface area contributed by atoms with Crippen LogP contribution in [0.3, 0.4) is 0 Å². The molecule has 0 aliphatic heterocycles. The SMILES string of the molecule is CCn1c(SCC(=O)Nc2ccc([N+](=O)[O-])cc2C)nnc1-c1cccs1. The van der Waals surface area contributed by atoms with E-state index >= 15 is 0 Å². The van der Waals surface area contributed by atoms with E-state index in [1.54, 1.807) is 24.3 Å². The number of nitro benzene ring substituents is 1. The molecule has 2 heterocycles. The monoisotopic (exact) mass is 403 g/mol. The van der Waals surface area contributed by atoms with E-state index in [0.717, 1.165) is 10.7 Å². The molecule has 0 bridgehead atoms. The minimum Gasteiger partial charge on any atom is -0.325 e. The van der Waals surface area contributed by atoms with Crippen molar-refractivity contribution >= 4 is 40.4 Å². The average molecular weight is 403 g/mol. The Balaban J connectivity index is 1.65. The Bertz CT molecular complexity index is 969. The number of carbonyl (C=O) groups is 1. The molecule has 0 atom stereocenters. The average Bonchev–Trinajstić information content (AvgIpc) is 3.30. The lowest BCUT2D eigenvalue weighted by atomic mass is 10.2. The molecule has 0 radical (unpaired) electrons. The zero-order valence-corrected chi connectivity index (χ0v) is 16.3. The Kier molecular flexibility index (Phi) is 5.87. The normalized spacial score (nSPS) is 10.7. The fourth-order valence-corrected chi connectivity index (χ4v) is 4.01. The van der Waals surface area contributed by atoms with Crippen LogP contribution in [0.2, 0.25) is 0 Å². The van der Waals surface area contributed by atoms with Crippen molar-refractivity contribution in [2.24, 2.45) is 0 Å².